The van der Waals surface area contributed by atoms with Gasteiger partial charge in [0.25, 0.3) is 0 Å². The van der Waals surface area contributed by atoms with Gasteiger partial charge in [0, 0.05) is 0 Å². The lowest BCUT2D eigenvalue weighted by Crippen LogP contribution is -2.51. The summed E-state index contributed by atoms with van der Waals surface area (Å²) in [5.41, 5.74) is 6.00. The number of benzene rings is 2. The Kier molecular flexibility index (Phi) is 4.97. The molecule has 3 aliphatic carbocycles. The molecule has 0 aromatic heterocycles. The molecule has 2 saturated carbocycles. The van der Waals surface area contributed by atoms with Crippen LogP contribution in [0.3, 0.4) is 0 Å². The predicted molar refractivity (Wildman–Crippen MR) is 122 cm³/mol. The Bertz CT molecular complexity index is 920. The van der Waals surface area contributed by atoms with Gasteiger partial charge in [-0.05, 0) is 95.9 Å². The maximum absolute atomic E-state index is 10.7. The highest BCUT2D eigenvalue weighted by molar-refractivity contribution is 5.48. The minimum atomic E-state index is -0.103. The van der Waals surface area contributed by atoms with E-state index in [2.05, 4.69) is 63.2 Å². The van der Waals surface area contributed by atoms with Crippen molar-refractivity contribution in [3.05, 3.63) is 64.7 Å². The molecule has 1 N–H and O–H groups in total. The molecule has 5 rings (SSSR count). The van der Waals surface area contributed by atoms with E-state index in [4.69, 9.17) is 4.74 Å². The molecular formula is C28H36O2. The Morgan fingerprint density at radius 2 is 1.80 bits per heavy atom. The summed E-state index contributed by atoms with van der Waals surface area (Å²) in [6, 6.07) is 15.3. The van der Waals surface area contributed by atoms with E-state index in [0.717, 1.165) is 31.4 Å². The fourth-order valence-corrected chi connectivity index (χ4v) is 7.13. The topological polar surface area (TPSA) is 29.5 Å². The molecule has 160 valence electrons. The van der Waals surface area contributed by atoms with Crippen LogP contribution in [-0.4, -0.2) is 11.2 Å². The largest absolute Gasteiger partial charge is 0.489 e. The SMILES string of the molecule is CCc1cc2c(cc1OCc1ccccc1)CC[C@H]1[C@@H]3CC[C@H](O)[C@@]3(C)CC[C@]21C. The van der Waals surface area contributed by atoms with Gasteiger partial charge in [-0.2, -0.15) is 0 Å². The lowest BCUT2D eigenvalue weighted by Gasteiger charge is -2.56. The molecule has 0 heterocycles. The van der Waals surface area contributed by atoms with E-state index in [1.165, 1.54) is 36.0 Å². The fourth-order valence-electron chi connectivity index (χ4n) is 7.13. The van der Waals surface area contributed by atoms with E-state index < -0.39 is 0 Å². The molecule has 0 spiro atoms. The van der Waals surface area contributed by atoms with Gasteiger partial charge >= 0.3 is 0 Å². The highest BCUT2D eigenvalue weighted by Crippen LogP contribution is 2.63. The third-order valence-electron chi connectivity index (χ3n) is 9.09. The highest BCUT2D eigenvalue weighted by atomic mass is 16.5. The van der Waals surface area contributed by atoms with Gasteiger partial charge in [0.1, 0.15) is 12.4 Å². The summed E-state index contributed by atoms with van der Waals surface area (Å²) in [4.78, 5) is 0. The van der Waals surface area contributed by atoms with Crippen LogP contribution in [0.2, 0.25) is 0 Å². The monoisotopic (exact) mass is 404 g/mol. The van der Waals surface area contributed by atoms with Gasteiger partial charge < -0.3 is 9.84 Å². The molecule has 0 amide bonds. The smallest absolute Gasteiger partial charge is 0.123 e. The van der Waals surface area contributed by atoms with Gasteiger partial charge in [-0.15, -0.1) is 0 Å². The summed E-state index contributed by atoms with van der Waals surface area (Å²) >= 11 is 0. The molecule has 2 heteroatoms. The Balaban J connectivity index is 1.46. The molecule has 0 radical (unpaired) electrons. The molecule has 2 nitrogen and oxygen atoms in total. The first-order chi connectivity index (χ1) is 14.5. The number of aliphatic hydroxyl groups excluding tert-OH is 1. The minimum Gasteiger partial charge on any atom is -0.489 e. The standard InChI is InChI=1S/C28H36O2/c1-4-20-16-24-21(17-25(20)30-18-19-8-6-5-7-9-19)10-11-22-23-12-13-26(29)28(23,3)15-14-27(22,24)2/h5-9,16-17,22-23,26,29H,4,10-15,18H2,1-3H3/t22-,23-,26-,27-,28-/m0/s1. The molecule has 5 atom stereocenters. The first-order valence-electron chi connectivity index (χ1n) is 12.0. The molecule has 2 aromatic rings. The molecule has 2 fully saturated rings. The summed E-state index contributed by atoms with van der Waals surface area (Å²) in [6.45, 7) is 7.75. The molecular weight excluding hydrogens is 368 g/mol. The van der Waals surface area contributed by atoms with Crippen molar-refractivity contribution in [1.82, 2.24) is 0 Å². The molecule has 0 saturated heterocycles. The molecule has 2 aromatic carbocycles. The van der Waals surface area contributed by atoms with Crippen molar-refractivity contribution in [1.29, 1.82) is 0 Å². The number of rotatable bonds is 4. The summed E-state index contributed by atoms with van der Waals surface area (Å²) < 4.78 is 6.32. The van der Waals surface area contributed by atoms with Crippen molar-refractivity contribution < 1.29 is 9.84 Å². The van der Waals surface area contributed by atoms with Crippen LogP contribution in [0.5, 0.6) is 5.75 Å². The molecule has 30 heavy (non-hydrogen) atoms. The van der Waals surface area contributed by atoms with Crippen LogP contribution in [0.1, 0.15) is 75.1 Å². The van der Waals surface area contributed by atoms with Crippen molar-refractivity contribution in [2.24, 2.45) is 17.3 Å². The van der Waals surface area contributed by atoms with Crippen LogP contribution >= 0.6 is 0 Å². The van der Waals surface area contributed by atoms with E-state index in [0.29, 0.717) is 18.4 Å². The second kappa shape index (κ2) is 7.41. The lowest BCUT2D eigenvalue weighted by atomic mass is 9.49. The van der Waals surface area contributed by atoms with Gasteiger partial charge in [-0.3, -0.25) is 0 Å². The van der Waals surface area contributed by atoms with Crippen LogP contribution in [0, 0.1) is 17.3 Å². The number of hydrogen-bond donors (Lipinski definition) is 1. The highest BCUT2D eigenvalue weighted by Gasteiger charge is 2.58. The first kappa shape index (κ1) is 20.1. The number of aliphatic hydroxyl groups is 1. The Labute approximate surface area is 181 Å². The van der Waals surface area contributed by atoms with E-state index in [9.17, 15) is 5.11 Å². The van der Waals surface area contributed by atoms with Crippen molar-refractivity contribution >= 4 is 0 Å². The zero-order valence-corrected chi connectivity index (χ0v) is 18.8. The van der Waals surface area contributed by atoms with Gasteiger partial charge in [-0.1, -0.05) is 57.2 Å². The Morgan fingerprint density at radius 3 is 2.57 bits per heavy atom. The van der Waals surface area contributed by atoms with Crippen molar-refractivity contribution in [3.63, 3.8) is 0 Å². The minimum absolute atomic E-state index is 0.103. The van der Waals surface area contributed by atoms with E-state index >= 15 is 0 Å². The van der Waals surface area contributed by atoms with Crippen LogP contribution in [-0.2, 0) is 24.9 Å². The maximum Gasteiger partial charge on any atom is 0.123 e. The van der Waals surface area contributed by atoms with Gasteiger partial charge in [-0.25, -0.2) is 0 Å². The Hall–Kier alpha value is -1.80. The summed E-state index contributed by atoms with van der Waals surface area (Å²) in [5, 5.41) is 10.7. The van der Waals surface area contributed by atoms with Crippen molar-refractivity contribution in [2.75, 3.05) is 0 Å². The number of ether oxygens (including phenoxy) is 1. The van der Waals surface area contributed by atoms with Crippen LogP contribution in [0.4, 0.5) is 0 Å². The number of hydrogen-bond acceptors (Lipinski definition) is 2. The normalized spacial score (nSPS) is 34.7. The third kappa shape index (κ3) is 3.02. The van der Waals surface area contributed by atoms with E-state index in [-0.39, 0.29) is 16.9 Å². The maximum atomic E-state index is 10.7. The summed E-state index contributed by atoms with van der Waals surface area (Å²) in [5.74, 6) is 2.43. The predicted octanol–water partition coefficient (Wildman–Crippen LogP) is 6.22. The van der Waals surface area contributed by atoms with Crippen LogP contribution in [0.15, 0.2) is 42.5 Å². The quantitative estimate of drug-likeness (QED) is 0.655. The summed E-state index contributed by atoms with van der Waals surface area (Å²) in [7, 11) is 0. The first-order valence-corrected chi connectivity index (χ1v) is 12.0. The average molecular weight is 405 g/mol. The van der Waals surface area contributed by atoms with Crippen molar-refractivity contribution in [2.45, 2.75) is 83.8 Å². The molecule has 0 aliphatic heterocycles. The molecule has 3 aliphatic rings. The second-order valence-corrected chi connectivity index (χ2v) is 10.5. The number of fused-ring (bicyclic) bond motifs is 5. The Morgan fingerprint density at radius 1 is 1.00 bits per heavy atom. The second-order valence-electron chi connectivity index (χ2n) is 10.5. The summed E-state index contributed by atoms with van der Waals surface area (Å²) in [6.07, 6.45) is 7.83. The zero-order valence-electron chi connectivity index (χ0n) is 18.8. The average Bonchev–Trinajstić information content (AvgIpc) is 3.07. The van der Waals surface area contributed by atoms with E-state index in [1.807, 2.05) is 0 Å². The molecule has 0 bridgehead atoms. The van der Waals surface area contributed by atoms with Crippen molar-refractivity contribution in [3.8, 4) is 5.75 Å². The van der Waals surface area contributed by atoms with Gasteiger partial charge in [0.05, 0.1) is 6.10 Å². The van der Waals surface area contributed by atoms with E-state index in [1.54, 1.807) is 5.56 Å². The third-order valence-corrected chi connectivity index (χ3v) is 9.09. The fraction of sp³-hybridized carbons (Fsp3) is 0.571. The lowest BCUT2D eigenvalue weighted by molar-refractivity contribution is -0.0462. The van der Waals surface area contributed by atoms with Gasteiger partial charge in [0.2, 0.25) is 0 Å². The van der Waals surface area contributed by atoms with Crippen LogP contribution in [0.25, 0.3) is 0 Å². The van der Waals surface area contributed by atoms with Gasteiger partial charge in [0.15, 0.2) is 0 Å². The number of aryl methyl sites for hydroxylation is 2. The van der Waals surface area contributed by atoms with Crippen LogP contribution < -0.4 is 4.74 Å². The molecule has 0 unspecified atom stereocenters. The zero-order chi connectivity index (χ0) is 20.9.